The molecule has 3 rings (SSSR count). The molecule has 134 valence electrons. The predicted octanol–water partition coefficient (Wildman–Crippen LogP) is 3.38. The molecule has 3 heterocycles. The maximum absolute atomic E-state index is 4.65. The van der Waals surface area contributed by atoms with Crippen molar-refractivity contribution in [3.63, 3.8) is 0 Å². The number of aryl methyl sites for hydroxylation is 2. The van der Waals surface area contributed by atoms with E-state index in [4.69, 9.17) is 0 Å². The van der Waals surface area contributed by atoms with Crippen LogP contribution in [0.2, 0.25) is 0 Å². The molecule has 2 aromatic heterocycles. The number of anilines is 2. The average molecular weight is 340 g/mol. The Morgan fingerprint density at radius 3 is 2.36 bits per heavy atom. The van der Waals surface area contributed by atoms with Crippen LogP contribution in [0.5, 0.6) is 0 Å². The number of nitrogens with one attached hydrogen (secondary N) is 1. The van der Waals surface area contributed by atoms with Crippen molar-refractivity contribution >= 4 is 11.8 Å². The van der Waals surface area contributed by atoms with Crippen LogP contribution >= 0.6 is 0 Å². The molecule has 0 radical (unpaired) electrons. The lowest BCUT2D eigenvalue weighted by Crippen LogP contribution is -2.24. The largest absolute Gasteiger partial charge is 0.357 e. The van der Waals surface area contributed by atoms with Gasteiger partial charge < -0.3 is 10.2 Å². The standard InChI is InChI=1S/C19H28N6/c1-3-16-17(4-2)23-24-19(22-16)21-14-15-9-10-18(20-13-15)25-11-7-5-6-8-12-25/h9-10,13H,3-8,11-12,14H2,1-2H3,(H,21,22,24). The number of pyridine rings is 1. The second-order valence-electron chi connectivity index (χ2n) is 6.52. The smallest absolute Gasteiger partial charge is 0.243 e. The maximum atomic E-state index is 4.65. The van der Waals surface area contributed by atoms with E-state index in [0.29, 0.717) is 12.5 Å². The van der Waals surface area contributed by atoms with Crippen LogP contribution in [-0.4, -0.2) is 33.3 Å². The summed E-state index contributed by atoms with van der Waals surface area (Å²) in [4.78, 5) is 11.6. The molecule has 1 fully saturated rings. The minimum atomic E-state index is 0.589. The zero-order valence-corrected chi connectivity index (χ0v) is 15.3. The summed E-state index contributed by atoms with van der Waals surface area (Å²) < 4.78 is 0. The number of hydrogen-bond acceptors (Lipinski definition) is 6. The van der Waals surface area contributed by atoms with Crippen LogP contribution in [0.1, 0.15) is 56.5 Å². The summed E-state index contributed by atoms with van der Waals surface area (Å²) in [5.74, 6) is 1.68. The Morgan fingerprint density at radius 1 is 0.960 bits per heavy atom. The van der Waals surface area contributed by atoms with Gasteiger partial charge in [-0.2, -0.15) is 5.10 Å². The third-order valence-electron chi connectivity index (χ3n) is 4.70. The molecule has 1 aliphatic heterocycles. The fourth-order valence-corrected chi connectivity index (χ4v) is 3.20. The number of aromatic nitrogens is 4. The third kappa shape index (κ3) is 4.65. The van der Waals surface area contributed by atoms with Crippen molar-refractivity contribution in [2.75, 3.05) is 23.3 Å². The lowest BCUT2D eigenvalue weighted by atomic mass is 10.2. The summed E-state index contributed by atoms with van der Waals surface area (Å²) in [6.45, 7) is 7.07. The summed E-state index contributed by atoms with van der Waals surface area (Å²) in [7, 11) is 0. The molecular weight excluding hydrogens is 312 g/mol. The molecular formula is C19H28N6. The summed E-state index contributed by atoms with van der Waals surface area (Å²) in [6.07, 6.45) is 8.89. The molecule has 0 unspecified atom stereocenters. The maximum Gasteiger partial charge on any atom is 0.243 e. The lowest BCUT2D eigenvalue weighted by Gasteiger charge is -2.21. The highest BCUT2D eigenvalue weighted by atomic mass is 15.2. The van der Waals surface area contributed by atoms with E-state index in [0.717, 1.165) is 48.7 Å². The van der Waals surface area contributed by atoms with Gasteiger partial charge >= 0.3 is 0 Å². The van der Waals surface area contributed by atoms with E-state index in [2.05, 4.69) is 56.4 Å². The van der Waals surface area contributed by atoms with E-state index in [1.807, 2.05) is 6.20 Å². The molecule has 0 amide bonds. The van der Waals surface area contributed by atoms with Crippen molar-refractivity contribution in [2.45, 2.75) is 58.9 Å². The number of rotatable bonds is 6. The Hall–Kier alpha value is -2.24. The van der Waals surface area contributed by atoms with Crippen LogP contribution in [0.15, 0.2) is 18.3 Å². The van der Waals surface area contributed by atoms with Crippen LogP contribution in [0.25, 0.3) is 0 Å². The van der Waals surface area contributed by atoms with Crippen molar-refractivity contribution in [1.29, 1.82) is 0 Å². The zero-order chi connectivity index (χ0) is 17.5. The van der Waals surface area contributed by atoms with E-state index in [-0.39, 0.29) is 0 Å². The fraction of sp³-hybridized carbons (Fsp3) is 0.579. The molecule has 1 N–H and O–H groups in total. The van der Waals surface area contributed by atoms with Gasteiger partial charge in [-0.05, 0) is 37.3 Å². The van der Waals surface area contributed by atoms with Crippen molar-refractivity contribution in [2.24, 2.45) is 0 Å². The van der Waals surface area contributed by atoms with E-state index < -0.39 is 0 Å². The van der Waals surface area contributed by atoms with Gasteiger partial charge in [0.05, 0.1) is 11.4 Å². The molecule has 0 saturated carbocycles. The first-order chi connectivity index (χ1) is 12.3. The molecule has 2 aromatic rings. The second-order valence-corrected chi connectivity index (χ2v) is 6.52. The molecule has 25 heavy (non-hydrogen) atoms. The quantitative estimate of drug-likeness (QED) is 0.869. The van der Waals surface area contributed by atoms with Gasteiger partial charge in [0.2, 0.25) is 5.95 Å². The van der Waals surface area contributed by atoms with Gasteiger partial charge in [0.1, 0.15) is 5.82 Å². The normalized spacial score (nSPS) is 15.0. The van der Waals surface area contributed by atoms with Crippen molar-refractivity contribution in [3.05, 3.63) is 35.3 Å². The Morgan fingerprint density at radius 2 is 1.72 bits per heavy atom. The molecule has 0 aliphatic carbocycles. The first-order valence-electron chi connectivity index (χ1n) is 9.46. The summed E-state index contributed by atoms with van der Waals surface area (Å²) in [6, 6.07) is 4.26. The van der Waals surface area contributed by atoms with Gasteiger partial charge in [-0.25, -0.2) is 9.97 Å². The predicted molar refractivity (Wildman–Crippen MR) is 101 cm³/mol. The van der Waals surface area contributed by atoms with Gasteiger partial charge in [0.15, 0.2) is 0 Å². The van der Waals surface area contributed by atoms with E-state index in [1.165, 1.54) is 25.7 Å². The highest BCUT2D eigenvalue weighted by Gasteiger charge is 2.11. The summed E-state index contributed by atoms with van der Waals surface area (Å²) in [5.41, 5.74) is 3.13. The second kappa shape index (κ2) is 8.74. The molecule has 1 saturated heterocycles. The van der Waals surface area contributed by atoms with Gasteiger partial charge in [-0.15, -0.1) is 5.10 Å². The van der Waals surface area contributed by atoms with Crippen LogP contribution in [0, 0.1) is 0 Å². The fourth-order valence-electron chi connectivity index (χ4n) is 3.20. The van der Waals surface area contributed by atoms with E-state index in [1.54, 1.807) is 0 Å². The van der Waals surface area contributed by atoms with E-state index >= 15 is 0 Å². The molecule has 1 aliphatic rings. The topological polar surface area (TPSA) is 66.8 Å². The molecule has 0 bridgehead atoms. The van der Waals surface area contributed by atoms with Crippen LogP contribution < -0.4 is 10.2 Å². The first kappa shape index (κ1) is 17.6. The highest BCUT2D eigenvalue weighted by molar-refractivity contribution is 5.40. The first-order valence-corrected chi connectivity index (χ1v) is 9.46. The van der Waals surface area contributed by atoms with Crippen LogP contribution in [-0.2, 0) is 19.4 Å². The Bertz CT molecular complexity index is 662. The Kier molecular flexibility index (Phi) is 6.14. The Balaban J connectivity index is 1.60. The third-order valence-corrected chi connectivity index (χ3v) is 4.70. The number of hydrogen-bond donors (Lipinski definition) is 1. The van der Waals surface area contributed by atoms with E-state index in [9.17, 15) is 0 Å². The zero-order valence-electron chi connectivity index (χ0n) is 15.3. The Labute approximate surface area is 150 Å². The van der Waals surface area contributed by atoms with Gasteiger partial charge in [-0.3, -0.25) is 0 Å². The SMILES string of the molecule is CCc1nnc(NCc2ccc(N3CCCCCC3)nc2)nc1CC. The minimum absolute atomic E-state index is 0.589. The molecule has 6 nitrogen and oxygen atoms in total. The average Bonchev–Trinajstić information content (AvgIpc) is 2.96. The van der Waals surface area contributed by atoms with Crippen molar-refractivity contribution in [3.8, 4) is 0 Å². The lowest BCUT2D eigenvalue weighted by molar-refractivity contribution is 0.726. The molecule has 0 aromatic carbocycles. The van der Waals surface area contributed by atoms with Crippen molar-refractivity contribution in [1.82, 2.24) is 20.2 Å². The molecule has 0 atom stereocenters. The van der Waals surface area contributed by atoms with Crippen LogP contribution in [0.4, 0.5) is 11.8 Å². The van der Waals surface area contributed by atoms with Gasteiger partial charge in [0, 0.05) is 25.8 Å². The summed E-state index contributed by atoms with van der Waals surface area (Å²) >= 11 is 0. The highest BCUT2D eigenvalue weighted by Crippen LogP contribution is 2.17. The van der Waals surface area contributed by atoms with Gasteiger partial charge in [0.25, 0.3) is 0 Å². The summed E-state index contributed by atoms with van der Waals surface area (Å²) in [5, 5.41) is 11.7. The monoisotopic (exact) mass is 340 g/mol. The molecule has 0 spiro atoms. The van der Waals surface area contributed by atoms with Crippen molar-refractivity contribution < 1.29 is 0 Å². The van der Waals surface area contributed by atoms with Crippen LogP contribution in [0.3, 0.4) is 0 Å². The number of nitrogens with zero attached hydrogens (tertiary/aromatic N) is 5. The minimum Gasteiger partial charge on any atom is -0.357 e. The van der Waals surface area contributed by atoms with Gasteiger partial charge in [-0.1, -0.05) is 32.8 Å². The molecule has 6 heteroatoms.